The molecule has 0 aromatic heterocycles. The van der Waals surface area contributed by atoms with Crippen molar-refractivity contribution in [3.63, 3.8) is 0 Å². The van der Waals surface area contributed by atoms with Gasteiger partial charge in [-0.25, -0.2) is 9.59 Å². The fourth-order valence-electron chi connectivity index (χ4n) is 5.94. The maximum absolute atomic E-state index is 10.8. The first-order valence-corrected chi connectivity index (χ1v) is 20.7. The van der Waals surface area contributed by atoms with Crippen LogP contribution in [0.5, 0.6) is 0 Å². The van der Waals surface area contributed by atoms with Gasteiger partial charge in [0.15, 0.2) is 0 Å². The molecule has 0 aliphatic heterocycles. The maximum Gasteiger partial charge on any atom is 0.330 e. The predicted octanol–water partition coefficient (Wildman–Crippen LogP) is 14.3. The molecule has 0 fully saturated rings. The Morgan fingerprint density at radius 1 is 0.340 bits per heavy atom. The molecule has 0 amide bonds. The van der Waals surface area contributed by atoms with Gasteiger partial charge >= 0.3 is 11.9 Å². The van der Waals surface area contributed by atoms with Gasteiger partial charge in [0, 0.05) is 12.2 Å². The van der Waals surface area contributed by atoms with Crippen LogP contribution in [-0.4, -0.2) is 25.2 Å². The van der Waals surface area contributed by atoms with E-state index in [4.69, 9.17) is 9.47 Å². The largest absolute Gasteiger partial charge is 0.463 e. The van der Waals surface area contributed by atoms with E-state index in [9.17, 15) is 9.59 Å². The van der Waals surface area contributed by atoms with Crippen LogP contribution in [0, 0.1) is 0 Å². The highest BCUT2D eigenvalue weighted by molar-refractivity contribution is 5.81. The summed E-state index contributed by atoms with van der Waals surface area (Å²) in [5.41, 5.74) is 0. The molecule has 4 heteroatoms. The Kier molecular flexibility index (Phi) is 44.9. The summed E-state index contributed by atoms with van der Waals surface area (Å²) in [6.07, 6.45) is 47.4. The molecule has 278 valence electrons. The third-order valence-electron chi connectivity index (χ3n) is 9.07. The molecule has 0 aromatic rings. The minimum absolute atomic E-state index is 0.300. The zero-order valence-electron chi connectivity index (χ0n) is 32.0. The topological polar surface area (TPSA) is 52.6 Å². The van der Waals surface area contributed by atoms with Crippen molar-refractivity contribution in [3.05, 3.63) is 25.3 Å². The highest BCUT2D eigenvalue weighted by Crippen LogP contribution is 2.15. The standard InChI is InChI=1S/C22H42O2.C21H40O2/c1-3-5-6-7-8-9-10-11-12-13-14-15-16-17-18-19-20-21-24-22(23)4-2;1-3-5-6-7-8-9-10-11-12-13-14-15-16-17-18-19-20-23-21(22)4-2/h4H,2-3,5-21H2,1H3;4H,2-3,5-20H2,1H3. The van der Waals surface area contributed by atoms with Crippen LogP contribution in [0.4, 0.5) is 0 Å². The molecule has 0 atom stereocenters. The summed E-state index contributed by atoms with van der Waals surface area (Å²) in [6.45, 7) is 12.4. The van der Waals surface area contributed by atoms with Crippen molar-refractivity contribution in [3.8, 4) is 0 Å². The van der Waals surface area contributed by atoms with Gasteiger partial charge in [-0.3, -0.25) is 0 Å². The van der Waals surface area contributed by atoms with Crippen LogP contribution in [0.2, 0.25) is 0 Å². The zero-order valence-corrected chi connectivity index (χ0v) is 32.0. The van der Waals surface area contributed by atoms with Gasteiger partial charge in [0.2, 0.25) is 0 Å². The summed E-state index contributed by atoms with van der Waals surface area (Å²) in [4.78, 5) is 21.7. The molecule has 47 heavy (non-hydrogen) atoms. The summed E-state index contributed by atoms with van der Waals surface area (Å²) in [6, 6.07) is 0. The lowest BCUT2D eigenvalue weighted by atomic mass is 10.0. The second-order valence-corrected chi connectivity index (χ2v) is 13.7. The molecule has 0 aliphatic rings. The number of hydrogen-bond acceptors (Lipinski definition) is 4. The van der Waals surface area contributed by atoms with Gasteiger partial charge < -0.3 is 9.47 Å². The van der Waals surface area contributed by atoms with Crippen LogP contribution < -0.4 is 0 Å². The highest BCUT2D eigenvalue weighted by atomic mass is 16.5. The zero-order chi connectivity index (χ0) is 34.7. The number of carbonyl (C=O) groups excluding carboxylic acids is 2. The van der Waals surface area contributed by atoms with Gasteiger partial charge in [-0.1, -0.05) is 226 Å². The Hall–Kier alpha value is -1.58. The molecule has 0 unspecified atom stereocenters. The lowest BCUT2D eigenvalue weighted by Gasteiger charge is -2.04. The number of ether oxygens (including phenoxy) is 2. The van der Waals surface area contributed by atoms with Gasteiger partial charge in [-0.05, 0) is 12.8 Å². The van der Waals surface area contributed by atoms with Crippen molar-refractivity contribution in [1.82, 2.24) is 0 Å². The molecule has 0 saturated heterocycles. The monoisotopic (exact) mass is 663 g/mol. The first-order chi connectivity index (χ1) is 23.1. The third kappa shape index (κ3) is 46.6. The average molecular weight is 663 g/mol. The van der Waals surface area contributed by atoms with Gasteiger partial charge in [0.05, 0.1) is 13.2 Å². The van der Waals surface area contributed by atoms with E-state index in [1.165, 1.54) is 211 Å². The van der Waals surface area contributed by atoms with E-state index in [2.05, 4.69) is 27.0 Å². The Labute approximate surface area is 294 Å². The van der Waals surface area contributed by atoms with Crippen LogP contribution in [-0.2, 0) is 19.1 Å². The molecular weight excluding hydrogens is 580 g/mol. The van der Waals surface area contributed by atoms with Crippen LogP contribution in [0.25, 0.3) is 0 Å². The van der Waals surface area contributed by atoms with E-state index in [0.717, 1.165) is 12.8 Å². The van der Waals surface area contributed by atoms with Crippen molar-refractivity contribution in [2.24, 2.45) is 0 Å². The van der Waals surface area contributed by atoms with E-state index in [1.807, 2.05) is 0 Å². The van der Waals surface area contributed by atoms with E-state index in [0.29, 0.717) is 13.2 Å². The number of hydrogen-bond donors (Lipinski definition) is 0. The smallest absolute Gasteiger partial charge is 0.330 e. The lowest BCUT2D eigenvalue weighted by molar-refractivity contribution is -0.138. The molecule has 0 rings (SSSR count). The average Bonchev–Trinajstić information content (AvgIpc) is 3.09. The van der Waals surface area contributed by atoms with Gasteiger partial charge in [-0.2, -0.15) is 0 Å². The van der Waals surface area contributed by atoms with Crippen LogP contribution in [0.3, 0.4) is 0 Å². The van der Waals surface area contributed by atoms with E-state index < -0.39 is 0 Å². The summed E-state index contributed by atoms with van der Waals surface area (Å²) in [7, 11) is 0. The van der Waals surface area contributed by atoms with E-state index >= 15 is 0 Å². The second-order valence-electron chi connectivity index (χ2n) is 13.7. The number of rotatable bonds is 37. The fraction of sp³-hybridized carbons (Fsp3) is 0.860. The van der Waals surface area contributed by atoms with Gasteiger partial charge in [0.25, 0.3) is 0 Å². The molecule has 0 bridgehead atoms. The van der Waals surface area contributed by atoms with Crippen LogP contribution >= 0.6 is 0 Å². The maximum atomic E-state index is 10.8. The van der Waals surface area contributed by atoms with E-state index in [-0.39, 0.29) is 11.9 Å². The fourth-order valence-corrected chi connectivity index (χ4v) is 5.94. The van der Waals surface area contributed by atoms with Crippen LogP contribution in [0.1, 0.15) is 226 Å². The molecule has 0 radical (unpaired) electrons. The van der Waals surface area contributed by atoms with Crippen molar-refractivity contribution in [2.45, 2.75) is 226 Å². The number of unbranched alkanes of at least 4 members (excludes halogenated alkanes) is 31. The molecule has 0 aliphatic carbocycles. The molecule has 0 aromatic carbocycles. The SMILES string of the molecule is C=CC(=O)OCCCCCCCCCCCCCCCCCC.C=CC(=O)OCCCCCCCCCCCCCCCCCCC. The van der Waals surface area contributed by atoms with Crippen LogP contribution in [0.15, 0.2) is 25.3 Å². The quantitative estimate of drug-likeness (QED) is 0.0377. The summed E-state index contributed by atoms with van der Waals surface area (Å²) < 4.78 is 9.91. The van der Waals surface area contributed by atoms with Crippen molar-refractivity contribution < 1.29 is 19.1 Å². The first-order valence-electron chi connectivity index (χ1n) is 20.7. The predicted molar refractivity (Wildman–Crippen MR) is 206 cm³/mol. The summed E-state index contributed by atoms with van der Waals surface area (Å²) in [5, 5.41) is 0. The summed E-state index contributed by atoms with van der Waals surface area (Å²) in [5.74, 6) is -0.600. The Morgan fingerprint density at radius 2 is 0.511 bits per heavy atom. The Morgan fingerprint density at radius 3 is 0.681 bits per heavy atom. The number of esters is 2. The highest BCUT2D eigenvalue weighted by Gasteiger charge is 1.98. The lowest BCUT2D eigenvalue weighted by Crippen LogP contribution is -2.01. The molecule has 4 nitrogen and oxygen atoms in total. The molecular formula is C43H82O4. The van der Waals surface area contributed by atoms with Gasteiger partial charge in [0.1, 0.15) is 0 Å². The minimum atomic E-state index is -0.300. The first kappa shape index (κ1) is 47.5. The molecule has 0 spiro atoms. The Balaban J connectivity index is 0. The van der Waals surface area contributed by atoms with Crippen molar-refractivity contribution >= 4 is 11.9 Å². The van der Waals surface area contributed by atoms with Crippen molar-refractivity contribution in [2.75, 3.05) is 13.2 Å². The minimum Gasteiger partial charge on any atom is -0.463 e. The van der Waals surface area contributed by atoms with Gasteiger partial charge in [-0.15, -0.1) is 0 Å². The Bertz CT molecular complexity index is 644. The van der Waals surface area contributed by atoms with Crippen molar-refractivity contribution in [1.29, 1.82) is 0 Å². The third-order valence-corrected chi connectivity index (χ3v) is 9.07. The normalized spacial score (nSPS) is 10.7. The summed E-state index contributed by atoms with van der Waals surface area (Å²) >= 11 is 0. The molecule has 0 heterocycles. The molecule has 0 saturated carbocycles. The van der Waals surface area contributed by atoms with E-state index in [1.54, 1.807) is 0 Å². The second kappa shape index (κ2) is 44.4. The number of carbonyl (C=O) groups is 2. The molecule has 0 N–H and O–H groups in total.